The number of aliphatic imine (C=N–C) groups is 1. The number of nitrogens with zero attached hydrogens (tertiary/aromatic N) is 1. The molecule has 30 heavy (non-hydrogen) atoms. The second-order valence-corrected chi connectivity index (χ2v) is 8.29. The van der Waals surface area contributed by atoms with E-state index in [1.165, 1.54) is 11.3 Å². The summed E-state index contributed by atoms with van der Waals surface area (Å²) in [6, 6.07) is 11.0. The van der Waals surface area contributed by atoms with Gasteiger partial charge in [-0.1, -0.05) is 37.1 Å². The largest absolute Gasteiger partial charge is 0.386 e. The van der Waals surface area contributed by atoms with E-state index >= 15 is 0 Å². The van der Waals surface area contributed by atoms with Gasteiger partial charge in [-0.3, -0.25) is 4.79 Å². The highest BCUT2D eigenvalue weighted by molar-refractivity contribution is 14.0. The molecule has 166 valence electrons. The third-order valence-electron chi connectivity index (χ3n) is 4.18. The predicted octanol–water partition coefficient (Wildman–Crippen LogP) is 4.34. The summed E-state index contributed by atoms with van der Waals surface area (Å²) in [4.78, 5) is 17.4. The molecule has 9 heteroatoms. The van der Waals surface area contributed by atoms with Gasteiger partial charge in [-0.25, -0.2) is 4.99 Å². The Morgan fingerprint density at radius 2 is 1.87 bits per heavy atom. The van der Waals surface area contributed by atoms with Gasteiger partial charge < -0.3 is 21.1 Å². The van der Waals surface area contributed by atoms with Crippen molar-refractivity contribution in [1.82, 2.24) is 16.0 Å². The number of halogens is 2. The molecule has 1 heterocycles. The Bertz CT molecular complexity index is 799. The molecule has 0 radical (unpaired) electrons. The van der Waals surface area contributed by atoms with Crippen LogP contribution in [-0.2, 0) is 6.54 Å². The van der Waals surface area contributed by atoms with Crippen LogP contribution in [0.25, 0.3) is 0 Å². The lowest BCUT2D eigenvalue weighted by atomic mass is 10.1. The number of unbranched alkanes of at least 4 members (excludes halogenated alkanes) is 1. The number of hydrogen-bond acceptors (Lipinski definition) is 4. The van der Waals surface area contributed by atoms with Crippen LogP contribution in [0.15, 0.2) is 41.4 Å². The zero-order valence-electron chi connectivity index (χ0n) is 17.3. The van der Waals surface area contributed by atoms with Crippen molar-refractivity contribution >= 4 is 58.8 Å². The van der Waals surface area contributed by atoms with Crippen LogP contribution >= 0.6 is 46.9 Å². The molecule has 0 saturated carbocycles. The number of thiophene rings is 1. The van der Waals surface area contributed by atoms with Crippen molar-refractivity contribution < 1.29 is 9.90 Å². The number of aliphatic hydroxyl groups excluding tert-OH is 1. The first-order valence-corrected chi connectivity index (χ1v) is 11.1. The highest BCUT2D eigenvalue weighted by Crippen LogP contribution is 2.26. The molecular formula is C21H30ClIN4O2S. The van der Waals surface area contributed by atoms with Crippen molar-refractivity contribution in [1.29, 1.82) is 0 Å². The van der Waals surface area contributed by atoms with Gasteiger partial charge in [-0.15, -0.1) is 35.3 Å². The van der Waals surface area contributed by atoms with Crippen LogP contribution < -0.4 is 16.0 Å². The molecule has 0 bridgehead atoms. The van der Waals surface area contributed by atoms with Crippen molar-refractivity contribution in [2.45, 2.75) is 39.3 Å². The average Bonchev–Trinajstić information content (AvgIpc) is 3.16. The molecule has 0 fully saturated rings. The summed E-state index contributed by atoms with van der Waals surface area (Å²) in [6.07, 6.45) is 1.38. The van der Waals surface area contributed by atoms with Crippen LogP contribution in [0.5, 0.6) is 0 Å². The first-order valence-electron chi connectivity index (χ1n) is 9.86. The Morgan fingerprint density at radius 3 is 2.47 bits per heavy atom. The van der Waals surface area contributed by atoms with E-state index in [2.05, 4.69) is 27.9 Å². The van der Waals surface area contributed by atoms with Gasteiger partial charge in [0, 0.05) is 30.1 Å². The number of hydrogen-bond donors (Lipinski definition) is 4. The van der Waals surface area contributed by atoms with E-state index in [0.29, 0.717) is 42.0 Å². The molecule has 0 saturated heterocycles. The Kier molecular flexibility index (Phi) is 13.0. The Hall–Kier alpha value is -1.36. The fourth-order valence-corrected chi connectivity index (χ4v) is 3.60. The molecule has 0 aliphatic rings. The second kappa shape index (κ2) is 14.6. The lowest BCUT2D eigenvalue weighted by Crippen LogP contribution is -2.39. The van der Waals surface area contributed by atoms with Crippen LogP contribution in [-0.4, -0.2) is 36.6 Å². The Balaban J connectivity index is 0.00000450. The summed E-state index contributed by atoms with van der Waals surface area (Å²) in [5.74, 6) is 0.571. The van der Waals surface area contributed by atoms with Crippen LogP contribution in [0.1, 0.15) is 53.6 Å². The van der Waals surface area contributed by atoms with E-state index in [4.69, 9.17) is 11.6 Å². The van der Waals surface area contributed by atoms with Crippen LogP contribution in [0, 0.1) is 0 Å². The number of rotatable bonds is 10. The van der Waals surface area contributed by atoms with Crippen molar-refractivity contribution in [2.75, 3.05) is 19.6 Å². The number of nitrogens with one attached hydrogen (secondary N) is 3. The molecule has 0 aliphatic carbocycles. The summed E-state index contributed by atoms with van der Waals surface area (Å²) in [7, 11) is 0. The van der Waals surface area contributed by atoms with Gasteiger partial charge >= 0.3 is 0 Å². The number of benzene rings is 1. The van der Waals surface area contributed by atoms with Gasteiger partial charge in [0.05, 0.1) is 10.9 Å². The summed E-state index contributed by atoms with van der Waals surface area (Å²) in [5.41, 5.74) is 1.65. The molecule has 0 spiro atoms. The monoisotopic (exact) mass is 564 g/mol. The Morgan fingerprint density at radius 1 is 1.13 bits per heavy atom. The van der Waals surface area contributed by atoms with Crippen LogP contribution in [0.2, 0.25) is 4.34 Å². The molecule has 4 N–H and O–H groups in total. The van der Waals surface area contributed by atoms with Crippen molar-refractivity contribution in [2.24, 2.45) is 4.99 Å². The van der Waals surface area contributed by atoms with Crippen molar-refractivity contribution in [3.8, 4) is 0 Å². The highest BCUT2D eigenvalue weighted by Gasteiger charge is 2.11. The predicted molar refractivity (Wildman–Crippen MR) is 136 cm³/mol. The standard InChI is InChI=1S/C21H29ClN4O2S.HI/c1-3-5-12-24-20(28)16-8-6-15(7-9-16)13-25-21(23-4-2)26-14-17(27)18-10-11-19(22)29-18;/h6-11,17,27H,3-5,12-14H2,1-2H3,(H,24,28)(H2,23,25,26);1H. The maximum absolute atomic E-state index is 12.1. The lowest BCUT2D eigenvalue weighted by Gasteiger charge is -2.14. The molecule has 1 aromatic heterocycles. The zero-order valence-corrected chi connectivity index (χ0v) is 21.2. The molecule has 2 rings (SSSR count). The van der Waals surface area contributed by atoms with Crippen LogP contribution in [0.4, 0.5) is 0 Å². The SMILES string of the molecule is CCCCNC(=O)c1ccc(CN=C(NCC)NCC(O)c2ccc(Cl)s2)cc1.I. The summed E-state index contributed by atoms with van der Waals surface area (Å²) < 4.78 is 0.655. The number of carbonyl (C=O) groups is 1. The lowest BCUT2D eigenvalue weighted by molar-refractivity contribution is 0.0953. The molecule has 1 unspecified atom stereocenters. The highest BCUT2D eigenvalue weighted by atomic mass is 127. The third kappa shape index (κ3) is 9.20. The summed E-state index contributed by atoms with van der Waals surface area (Å²) in [6.45, 7) is 6.29. The van der Waals surface area contributed by atoms with Gasteiger partial charge in [-0.05, 0) is 43.2 Å². The second-order valence-electron chi connectivity index (χ2n) is 6.54. The minimum atomic E-state index is -0.651. The molecular weight excluding hydrogens is 535 g/mol. The number of aliphatic hydroxyl groups is 1. The van der Waals surface area contributed by atoms with Crippen molar-refractivity contribution in [3.63, 3.8) is 0 Å². The van der Waals surface area contributed by atoms with Gasteiger partial charge in [0.2, 0.25) is 0 Å². The van der Waals surface area contributed by atoms with Gasteiger partial charge in [0.15, 0.2) is 5.96 Å². The minimum absolute atomic E-state index is 0. The average molecular weight is 565 g/mol. The van der Waals surface area contributed by atoms with Crippen LogP contribution in [0.3, 0.4) is 0 Å². The normalized spacial score (nSPS) is 12.1. The maximum atomic E-state index is 12.1. The first kappa shape index (κ1) is 26.7. The topological polar surface area (TPSA) is 85.8 Å². The van der Waals surface area contributed by atoms with Gasteiger partial charge in [0.1, 0.15) is 6.10 Å². The minimum Gasteiger partial charge on any atom is -0.386 e. The number of amides is 1. The number of guanidine groups is 1. The molecule has 6 nitrogen and oxygen atoms in total. The van der Waals surface area contributed by atoms with E-state index in [9.17, 15) is 9.90 Å². The quantitative estimate of drug-likeness (QED) is 0.150. The van der Waals surface area contributed by atoms with Crippen molar-refractivity contribution in [3.05, 3.63) is 56.7 Å². The first-order chi connectivity index (χ1) is 14.0. The molecule has 2 aromatic rings. The number of carbonyl (C=O) groups excluding carboxylic acids is 1. The maximum Gasteiger partial charge on any atom is 0.251 e. The fraction of sp³-hybridized carbons (Fsp3) is 0.429. The zero-order chi connectivity index (χ0) is 21.1. The van der Waals surface area contributed by atoms with E-state index in [0.717, 1.165) is 23.3 Å². The fourth-order valence-electron chi connectivity index (χ4n) is 2.56. The molecule has 0 aliphatic heterocycles. The van der Waals surface area contributed by atoms with E-state index in [1.54, 1.807) is 6.07 Å². The van der Waals surface area contributed by atoms with Gasteiger partial charge in [-0.2, -0.15) is 0 Å². The molecule has 1 amide bonds. The molecule has 1 atom stereocenters. The molecule has 1 aromatic carbocycles. The smallest absolute Gasteiger partial charge is 0.251 e. The van der Waals surface area contributed by atoms with E-state index in [1.807, 2.05) is 37.3 Å². The van der Waals surface area contributed by atoms with E-state index in [-0.39, 0.29) is 29.9 Å². The summed E-state index contributed by atoms with van der Waals surface area (Å²) >= 11 is 7.29. The Labute approximate surface area is 204 Å². The summed E-state index contributed by atoms with van der Waals surface area (Å²) in [5, 5.41) is 19.5. The third-order valence-corrected chi connectivity index (χ3v) is 5.51. The van der Waals surface area contributed by atoms with E-state index < -0.39 is 6.10 Å². The van der Waals surface area contributed by atoms with Gasteiger partial charge in [0.25, 0.3) is 5.91 Å².